The highest BCUT2D eigenvalue weighted by Gasteiger charge is 2.33. The van der Waals surface area contributed by atoms with Crippen molar-refractivity contribution in [2.24, 2.45) is 0 Å². The Balaban J connectivity index is 1.78. The van der Waals surface area contributed by atoms with Crippen LogP contribution in [0.15, 0.2) is 12.4 Å². The second-order valence-corrected chi connectivity index (χ2v) is 6.27. The summed E-state index contributed by atoms with van der Waals surface area (Å²) in [7, 11) is 2.01. The number of nitrogen functional groups attached to an aromatic ring is 1. The van der Waals surface area contributed by atoms with Gasteiger partial charge in [0.05, 0.1) is 29.0 Å². The van der Waals surface area contributed by atoms with E-state index in [1.165, 1.54) is 12.4 Å². The minimum Gasteiger partial charge on any atom is -0.383 e. The number of nitrogens with zero attached hydrogens (tertiary/aromatic N) is 4. The van der Waals surface area contributed by atoms with Crippen LogP contribution in [0.3, 0.4) is 0 Å². The van der Waals surface area contributed by atoms with Crippen LogP contribution in [-0.4, -0.2) is 69.0 Å². The minimum absolute atomic E-state index is 0.0267. The number of fused-ring (bicyclic) bond motifs is 1. The summed E-state index contributed by atoms with van der Waals surface area (Å²) in [5.74, 6) is -0.933. The van der Waals surface area contributed by atoms with Crippen LogP contribution in [0.25, 0.3) is 10.9 Å². The van der Waals surface area contributed by atoms with E-state index in [2.05, 4.69) is 25.4 Å². The van der Waals surface area contributed by atoms with Crippen molar-refractivity contribution >= 4 is 34.2 Å². The molecule has 2 amide bonds. The fourth-order valence-electron chi connectivity index (χ4n) is 2.94. The van der Waals surface area contributed by atoms with Crippen molar-refractivity contribution in [2.75, 3.05) is 31.2 Å². The summed E-state index contributed by atoms with van der Waals surface area (Å²) in [6.45, 7) is 5.21. The number of H-pyrrole nitrogens is 1. The lowest BCUT2D eigenvalue weighted by Gasteiger charge is -2.42. The van der Waals surface area contributed by atoms with Gasteiger partial charge in [0.1, 0.15) is 5.82 Å². The molecule has 3 rings (SSSR count). The number of carbonyl (C=O) groups is 2. The van der Waals surface area contributed by atoms with Crippen molar-refractivity contribution in [1.29, 1.82) is 0 Å². The summed E-state index contributed by atoms with van der Waals surface area (Å²) in [5.41, 5.74) is 6.68. The molecule has 4 N–H and O–H groups in total. The molecule has 24 heavy (non-hydrogen) atoms. The summed E-state index contributed by atoms with van der Waals surface area (Å²) in [6.07, 6.45) is 2.94. The average Bonchev–Trinajstić information content (AvgIpc) is 3.03. The molecule has 0 aliphatic carbocycles. The number of pyridine rings is 1. The second kappa shape index (κ2) is 6.08. The second-order valence-electron chi connectivity index (χ2n) is 6.27. The topological polar surface area (TPSA) is 120 Å². The third-order valence-corrected chi connectivity index (χ3v) is 4.52. The molecular weight excluding hydrogens is 310 g/mol. The predicted octanol–water partition coefficient (Wildman–Crippen LogP) is 0.0296. The van der Waals surface area contributed by atoms with Gasteiger partial charge in [-0.1, -0.05) is 0 Å². The van der Waals surface area contributed by atoms with Crippen molar-refractivity contribution < 1.29 is 9.59 Å². The van der Waals surface area contributed by atoms with Crippen LogP contribution in [0.1, 0.15) is 13.8 Å². The van der Waals surface area contributed by atoms with E-state index < -0.39 is 11.8 Å². The number of aromatic nitrogens is 3. The van der Waals surface area contributed by atoms with E-state index >= 15 is 0 Å². The van der Waals surface area contributed by atoms with Crippen molar-refractivity contribution in [2.45, 2.75) is 25.9 Å². The number of likely N-dealkylation sites (N-methyl/N-ethyl adjacent to an activating group) is 1. The predicted molar refractivity (Wildman–Crippen MR) is 90.2 cm³/mol. The first-order valence-corrected chi connectivity index (χ1v) is 7.78. The van der Waals surface area contributed by atoms with Gasteiger partial charge in [-0.2, -0.15) is 5.10 Å². The van der Waals surface area contributed by atoms with Gasteiger partial charge in [-0.3, -0.25) is 19.6 Å². The lowest BCUT2D eigenvalue weighted by molar-refractivity contribution is -0.147. The van der Waals surface area contributed by atoms with Gasteiger partial charge in [0, 0.05) is 25.2 Å². The summed E-state index contributed by atoms with van der Waals surface area (Å²) < 4.78 is 0. The number of amides is 2. The number of piperazine rings is 1. The van der Waals surface area contributed by atoms with Gasteiger partial charge in [0.25, 0.3) is 0 Å². The van der Waals surface area contributed by atoms with E-state index in [9.17, 15) is 9.59 Å². The zero-order valence-electron chi connectivity index (χ0n) is 13.9. The molecule has 128 valence electrons. The molecule has 2 atom stereocenters. The first-order chi connectivity index (χ1) is 11.4. The van der Waals surface area contributed by atoms with E-state index in [0.29, 0.717) is 29.0 Å². The molecule has 0 radical (unpaired) electrons. The van der Waals surface area contributed by atoms with Gasteiger partial charge >= 0.3 is 11.8 Å². The molecule has 0 saturated carbocycles. The fourth-order valence-corrected chi connectivity index (χ4v) is 2.94. The Hall–Kier alpha value is -2.68. The van der Waals surface area contributed by atoms with Crippen LogP contribution < -0.4 is 11.1 Å². The number of anilines is 2. The Morgan fingerprint density at radius 3 is 2.79 bits per heavy atom. The molecule has 9 nitrogen and oxygen atoms in total. The van der Waals surface area contributed by atoms with Crippen molar-refractivity contribution in [3.05, 3.63) is 12.4 Å². The fraction of sp³-hybridized carbons (Fsp3) is 0.467. The number of aromatic amines is 1. The molecule has 9 heteroatoms. The maximum atomic E-state index is 12.5. The molecule has 1 saturated heterocycles. The van der Waals surface area contributed by atoms with Crippen molar-refractivity contribution in [3.63, 3.8) is 0 Å². The Labute approximate surface area is 139 Å². The van der Waals surface area contributed by atoms with Gasteiger partial charge in [0.15, 0.2) is 0 Å². The number of nitrogens with one attached hydrogen (secondary N) is 2. The number of hydrogen-bond acceptors (Lipinski definition) is 6. The van der Waals surface area contributed by atoms with E-state index in [0.717, 1.165) is 6.54 Å². The Kier molecular flexibility index (Phi) is 4.10. The van der Waals surface area contributed by atoms with Gasteiger partial charge in [0.2, 0.25) is 0 Å². The number of rotatable bonds is 1. The van der Waals surface area contributed by atoms with Gasteiger partial charge in [-0.15, -0.1) is 0 Å². The number of carbonyl (C=O) groups excluding carboxylic acids is 2. The van der Waals surface area contributed by atoms with E-state index in [4.69, 9.17) is 5.73 Å². The van der Waals surface area contributed by atoms with Crippen LogP contribution in [-0.2, 0) is 9.59 Å². The van der Waals surface area contributed by atoms with Crippen molar-refractivity contribution in [3.8, 4) is 0 Å². The highest BCUT2D eigenvalue weighted by atomic mass is 16.2. The summed E-state index contributed by atoms with van der Waals surface area (Å²) in [6, 6.07) is 0.177. The number of hydrogen-bond donors (Lipinski definition) is 3. The van der Waals surface area contributed by atoms with Gasteiger partial charge in [-0.05, 0) is 20.9 Å². The summed E-state index contributed by atoms with van der Waals surface area (Å²) in [5, 5.41) is 9.86. The van der Waals surface area contributed by atoms with Gasteiger partial charge < -0.3 is 16.0 Å². The maximum absolute atomic E-state index is 12.5. The standard InChI is InChI=1S/C15H21N7O2/c1-8-7-22(9(2)6-21(8)3)15(24)14(23)19-11-5-17-13(16)10-4-18-20-12(10)11/h4-5,8-9H,6-7H2,1-3H3,(H2,16,17)(H,18,20)(H,19,23)/t8-,9+/m1/s1. The molecule has 2 aromatic heterocycles. The molecule has 0 unspecified atom stereocenters. The van der Waals surface area contributed by atoms with Crippen LogP contribution in [0, 0.1) is 0 Å². The van der Waals surface area contributed by atoms with Gasteiger partial charge in [-0.25, -0.2) is 4.98 Å². The molecule has 2 aromatic rings. The summed E-state index contributed by atoms with van der Waals surface area (Å²) >= 11 is 0. The lowest BCUT2D eigenvalue weighted by Crippen LogP contribution is -2.58. The smallest absolute Gasteiger partial charge is 0.314 e. The minimum atomic E-state index is -0.693. The van der Waals surface area contributed by atoms with Crippen LogP contribution in [0.5, 0.6) is 0 Å². The molecule has 0 aromatic carbocycles. The number of nitrogens with two attached hydrogens (primary N) is 1. The zero-order chi connectivity index (χ0) is 17.4. The highest BCUT2D eigenvalue weighted by Crippen LogP contribution is 2.24. The molecular formula is C15H21N7O2. The van der Waals surface area contributed by atoms with Crippen molar-refractivity contribution in [1.82, 2.24) is 25.0 Å². The molecule has 0 spiro atoms. The molecule has 1 fully saturated rings. The van der Waals surface area contributed by atoms with E-state index in [1.807, 2.05) is 20.9 Å². The quantitative estimate of drug-likeness (QED) is 0.634. The molecule has 0 bridgehead atoms. The first kappa shape index (κ1) is 16.2. The molecule has 1 aliphatic rings. The average molecular weight is 331 g/mol. The maximum Gasteiger partial charge on any atom is 0.314 e. The third-order valence-electron chi connectivity index (χ3n) is 4.52. The monoisotopic (exact) mass is 331 g/mol. The van der Waals surface area contributed by atoms with Crippen LogP contribution in [0.4, 0.5) is 11.5 Å². The molecule has 1 aliphatic heterocycles. The summed E-state index contributed by atoms with van der Waals surface area (Å²) in [4.78, 5) is 32.7. The van der Waals surface area contributed by atoms with Crippen LogP contribution >= 0.6 is 0 Å². The largest absolute Gasteiger partial charge is 0.383 e. The Morgan fingerprint density at radius 2 is 2.04 bits per heavy atom. The molecule has 3 heterocycles. The third kappa shape index (κ3) is 2.78. The highest BCUT2D eigenvalue weighted by molar-refractivity contribution is 6.40. The van der Waals surface area contributed by atoms with Crippen LogP contribution in [0.2, 0.25) is 0 Å². The Bertz CT molecular complexity index is 787. The van der Waals surface area contributed by atoms with E-state index in [-0.39, 0.29) is 12.1 Å². The first-order valence-electron chi connectivity index (χ1n) is 7.78. The van der Waals surface area contributed by atoms with E-state index in [1.54, 1.807) is 4.90 Å². The lowest BCUT2D eigenvalue weighted by atomic mass is 10.1. The SMILES string of the molecule is C[C@@H]1CN(C(=O)C(=O)Nc2cnc(N)c3cn[nH]c23)[C@@H](C)CN1C. The zero-order valence-corrected chi connectivity index (χ0v) is 13.9. The normalized spacial score (nSPS) is 21.9. The Morgan fingerprint density at radius 1 is 1.29 bits per heavy atom.